The molecule has 1 amide bonds. The average Bonchev–Trinajstić information content (AvgIpc) is 2.82. The van der Waals surface area contributed by atoms with Crippen LogP contribution < -0.4 is 5.32 Å². The van der Waals surface area contributed by atoms with Gasteiger partial charge in [0.1, 0.15) is 5.00 Å². The van der Waals surface area contributed by atoms with Gasteiger partial charge in [-0.15, -0.1) is 11.3 Å². The van der Waals surface area contributed by atoms with Gasteiger partial charge >= 0.3 is 11.9 Å². The molecule has 0 radical (unpaired) electrons. The van der Waals surface area contributed by atoms with E-state index in [-0.39, 0.29) is 12.5 Å². The number of hydrogen-bond donors (Lipinski definition) is 1. The topological polar surface area (TPSA) is 94.1 Å². The van der Waals surface area contributed by atoms with Crippen LogP contribution in [0.25, 0.3) is 0 Å². The third-order valence-corrected chi connectivity index (χ3v) is 4.36. The van der Waals surface area contributed by atoms with Crippen LogP contribution in [0, 0.1) is 0 Å². The van der Waals surface area contributed by atoms with E-state index in [0.29, 0.717) is 29.1 Å². The Kier molecular flexibility index (Phi) is 5.49. The fourth-order valence-electron chi connectivity index (χ4n) is 2.36. The summed E-state index contributed by atoms with van der Waals surface area (Å²) in [4.78, 5) is 40.1. The average molecular weight is 338 g/mol. The zero-order valence-corrected chi connectivity index (χ0v) is 14.0. The Hall–Kier alpha value is -2.22. The van der Waals surface area contributed by atoms with Crippen LogP contribution >= 0.6 is 11.3 Å². The summed E-state index contributed by atoms with van der Waals surface area (Å²) < 4.78 is 5.10. The number of carbonyl (C=O) groups is 3. The fraction of sp³-hybridized carbons (Fsp3) is 0.467. The monoisotopic (exact) mass is 338 g/mol. The van der Waals surface area contributed by atoms with Crippen molar-refractivity contribution in [2.75, 3.05) is 11.9 Å². The number of carbonyl (C=O) groups excluding carboxylic acids is 3. The smallest absolute Gasteiger partial charge is 0.341 e. The first-order valence-corrected chi connectivity index (χ1v) is 8.10. The zero-order valence-electron chi connectivity index (χ0n) is 13.2. The molecule has 0 saturated heterocycles. The highest BCUT2D eigenvalue weighted by molar-refractivity contribution is 7.19. The fourth-order valence-corrected chi connectivity index (χ4v) is 3.65. The maximum absolute atomic E-state index is 12.3. The molecule has 8 heteroatoms. The van der Waals surface area contributed by atoms with Gasteiger partial charge in [-0.05, 0) is 31.7 Å². The molecule has 1 N–H and O–H groups in total. The molecule has 0 aromatic carbocycles. The summed E-state index contributed by atoms with van der Waals surface area (Å²) in [6.07, 6.45) is 2.09. The third kappa shape index (κ3) is 3.95. The number of nitrogens with zero attached hydrogens (tertiary/aromatic N) is 1. The van der Waals surface area contributed by atoms with E-state index in [0.717, 1.165) is 16.9 Å². The van der Waals surface area contributed by atoms with Crippen LogP contribution in [0.3, 0.4) is 0 Å². The van der Waals surface area contributed by atoms with E-state index >= 15 is 0 Å². The number of rotatable bonds is 4. The van der Waals surface area contributed by atoms with Crippen molar-refractivity contribution < 1.29 is 24.0 Å². The second-order valence-electron chi connectivity index (χ2n) is 4.99. The van der Waals surface area contributed by atoms with Crippen LogP contribution in [0.5, 0.6) is 0 Å². The van der Waals surface area contributed by atoms with Gasteiger partial charge in [-0.25, -0.2) is 9.59 Å². The molecule has 23 heavy (non-hydrogen) atoms. The molecule has 0 saturated carbocycles. The van der Waals surface area contributed by atoms with Gasteiger partial charge < -0.3 is 14.9 Å². The second-order valence-corrected chi connectivity index (χ2v) is 6.01. The summed E-state index contributed by atoms with van der Waals surface area (Å²) >= 11 is 1.25. The molecule has 0 fully saturated rings. The Labute approximate surface area is 137 Å². The molecule has 1 aromatic heterocycles. The van der Waals surface area contributed by atoms with Crippen molar-refractivity contribution in [2.45, 2.75) is 40.0 Å². The normalized spacial score (nSPS) is 15.0. The molecule has 0 unspecified atom stereocenters. The van der Waals surface area contributed by atoms with Crippen molar-refractivity contribution in [3.05, 3.63) is 16.0 Å². The number of nitrogens with one attached hydrogen (secondary N) is 1. The number of thiophene rings is 1. The van der Waals surface area contributed by atoms with Crippen LogP contribution in [0.15, 0.2) is 5.16 Å². The minimum Gasteiger partial charge on any atom is -0.462 e. The van der Waals surface area contributed by atoms with Crippen molar-refractivity contribution in [1.29, 1.82) is 0 Å². The lowest BCUT2D eigenvalue weighted by Gasteiger charge is -2.14. The first kappa shape index (κ1) is 17.1. The molecular formula is C15H18N2O5S. The molecule has 7 nitrogen and oxygen atoms in total. The summed E-state index contributed by atoms with van der Waals surface area (Å²) in [6.45, 7) is 4.62. The van der Waals surface area contributed by atoms with Gasteiger partial charge in [-0.1, -0.05) is 5.16 Å². The van der Waals surface area contributed by atoms with Crippen molar-refractivity contribution in [2.24, 2.45) is 5.16 Å². The highest BCUT2D eigenvalue weighted by Gasteiger charge is 2.30. The van der Waals surface area contributed by atoms with Gasteiger partial charge in [-0.2, -0.15) is 0 Å². The standard InChI is InChI=1S/C15H18N2O5S/c1-4-21-15(20)12-10-6-5-7-11(17-22-9(3)19)13(10)23-14(12)16-8(2)18/h4-7H2,1-3H3,(H,16,18). The van der Waals surface area contributed by atoms with E-state index in [1.807, 2.05) is 0 Å². The van der Waals surface area contributed by atoms with Gasteiger partial charge in [0.2, 0.25) is 5.91 Å². The first-order chi connectivity index (χ1) is 10.9. The molecule has 124 valence electrons. The lowest BCUT2D eigenvalue weighted by molar-refractivity contribution is -0.140. The lowest BCUT2D eigenvalue weighted by atomic mass is 9.94. The number of hydrogen-bond acceptors (Lipinski definition) is 7. The van der Waals surface area contributed by atoms with Crippen molar-refractivity contribution in [3.63, 3.8) is 0 Å². The Bertz CT molecular complexity index is 678. The quantitative estimate of drug-likeness (QED) is 0.517. The molecular weight excluding hydrogens is 320 g/mol. The van der Waals surface area contributed by atoms with Crippen molar-refractivity contribution >= 4 is 39.9 Å². The van der Waals surface area contributed by atoms with Gasteiger partial charge in [0.05, 0.1) is 22.8 Å². The third-order valence-electron chi connectivity index (χ3n) is 3.16. The van der Waals surface area contributed by atoms with Crippen molar-refractivity contribution in [1.82, 2.24) is 0 Å². The van der Waals surface area contributed by atoms with E-state index < -0.39 is 11.9 Å². The van der Waals surface area contributed by atoms with Crippen LogP contribution in [0.1, 0.15) is 54.4 Å². The Morgan fingerprint density at radius 3 is 2.61 bits per heavy atom. The molecule has 1 heterocycles. The van der Waals surface area contributed by atoms with Gasteiger partial charge in [0.15, 0.2) is 0 Å². The van der Waals surface area contributed by atoms with Crippen LogP contribution in [0.4, 0.5) is 5.00 Å². The Morgan fingerprint density at radius 1 is 1.26 bits per heavy atom. The second kappa shape index (κ2) is 7.36. The number of esters is 1. The Morgan fingerprint density at radius 2 is 2.00 bits per heavy atom. The molecule has 0 aliphatic heterocycles. The predicted molar refractivity (Wildman–Crippen MR) is 85.8 cm³/mol. The lowest BCUT2D eigenvalue weighted by Crippen LogP contribution is -2.15. The maximum Gasteiger partial charge on any atom is 0.341 e. The van der Waals surface area contributed by atoms with Gasteiger partial charge in [-0.3, -0.25) is 4.79 Å². The van der Waals surface area contributed by atoms with E-state index in [2.05, 4.69) is 10.5 Å². The van der Waals surface area contributed by atoms with E-state index in [9.17, 15) is 14.4 Å². The van der Waals surface area contributed by atoms with E-state index in [1.165, 1.54) is 25.2 Å². The molecule has 0 bridgehead atoms. The summed E-state index contributed by atoms with van der Waals surface area (Å²) in [5.74, 6) is -1.25. The van der Waals surface area contributed by atoms with Crippen molar-refractivity contribution in [3.8, 4) is 0 Å². The molecule has 1 aromatic rings. The summed E-state index contributed by atoms with van der Waals surface area (Å²) in [7, 11) is 0. The molecule has 1 aliphatic carbocycles. The number of amides is 1. The van der Waals surface area contributed by atoms with Crippen LogP contribution in [-0.2, 0) is 25.6 Å². The predicted octanol–water partition coefficient (Wildman–Crippen LogP) is 2.49. The Balaban J connectivity index is 2.49. The molecule has 1 aliphatic rings. The number of oxime groups is 1. The van der Waals surface area contributed by atoms with E-state index in [1.54, 1.807) is 6.92 Å². The summed E-state index contributed by atoms with van der Waals surface area (Å²) in [6, 6.07) is 0. The number of ether oxygens (including phenoxy) is 1. The molecule has 0 atom stereocenters. The van der Waals surface area contributed by atoms with Gasteiger partial charge in [0, 0.05) is 13.8 Å². The highest BCUT2D eigenvalue weighted by atomic mass is 32.1. The molecule has 0 spiro atoms. The summed E-state index contributed by atoms with van der Waals surface area (Å²) in [5, 5.41) is 6.99. The number of fused-ring (bicyclic) bond motifs is 1. The van der Waals surface area contributed by atoms with E-state index in [4.69, 9.17) is 9.57 Å². The first-order valence-electron chi connectivity index (χ1n) is 7.29. The van der Waals surface area contributed by atoms with Crippen LogP contribution in [0.2, 0.25) is 0 Å². The minimum absolute atomic E-state index is 0.247. The minimum atomic E-state index is -0.506. The maximum atomic E-state index is 12.3. The summed E-state index contributed by atoms with van der Waals surface area (Å²) in [5.41, 5.74) is 1.76. The molecule has 2 rings (SSSR count). The number of anilines is 1. The highest BCUT2D eigenvalue weighted by Crippen LogP contribution is 2.39. The largest absolute Gasteiger partial charge is 0.462 e. The van der Waals surface area contributed by atoms with Crippen LogP contribution in [-0.4, -0.2) is 30.2 Å². The SMILES string of the molecule is CCOC(=O)c1c(NC(C)=O)sc2c1CCCC2=NOC(C)=O. The zero-order chi connectivity index (χ0) is 17.0. The van der Waals surface area contributed by atoms with Gasteiger partial charge in [0.25, 0.3) is 0 Å².